The van der Waals surface area contributed by atoms with Gasteiger partial charge < -0.3 is 5.01 Å². The quantitative estimate of drug-likeness (QED) is 0.535. The van der Waals surface area contributed by atoms with Crippen molar-refractivity contribution in [3.63, 3.8) is 0 Å². The molecule has 0 unspecified atom stereocenters. The van der Waals surface area contributed by atoms with E-state index in [1.54, 1.807) is 17.1 Å². The summed E-state index contributed by atoms with van der Waals surface area (Å²) in [5.74, 6) is 5.54. The van der Waals surface area contributed by atoms with Crippen LogP contribution in [-0.4, -0.2) is 6.04 Å². The zero-order valence-corrected chi connectivity index (χ0v) is 6.70. The molecule has 12 heavy (non-hydrogen) atoms. The first-order chi connectivity index (χ1) is 5.77. The van der Waals surface area contributed by atoms with Crippen molar-refractivity contribution in [3.8, 4) is 0 Å². The normalized spacial score (nSPS) is 16.2. The summed E-state index contributed by atoms with van der Waals surface area (Å²) in [6, 6.07) is 6.73. The molecule has 0 spiro atoms. The summed E-state index contributed by atoms with van der Waals surface area (Å²) in [5.41, 5.74) is 0.888. The van der Waals surface area contributed by atoms with E-state index >= 15 is 0 Å². The Hall–Kier alpha value is -1.09. The lowest BCUT2D eigenvalue weighted by Crippen LogP contribution is -2.32. The molecule has 0 atom stereocenters. The molecular formula is C9H11FN2. The Morgan fingerprint density at radius 3 is 2.33 bits per heavy atom. The smallest absolute Gasteiger partial charge is 0.123 e. The van der Waals surface area contributed by atoms with Gasteiger partial charge in [0.2, 0.25) is 0 Å². The molecular weight excluding hydrogens is 155 g/mol. The number of benzene rings is 1. The van der Waals surface area contributed by atoms with Gasteiger partial charge in [0.05, 0.1) is 5.69 Å². The summed E-state index contributed by atoms with van der Waals surface area (Å²) in [5, 5.41) is 1.71. The summed E-state index contributed by atoms with van der Waals surface area (Å²) in [6.45, 7) is 0. The van der Waals surface area contributed by atoms with Crippen molar-refractivity contribution in [3.05, 3.63) is 30.1 Å². The van der Waals surface area contributed by atoms with Gasteiger partial charge >= 0.3 is 0 Å². The molecule has 1 aliphatic rings. The Morgan fingerprint density at radius 1 is 1.25 bits per heavy atom. The first-order valence-electron chi connectivity index (χ1n) is 4.07. The molecule has 1 fully saturated rings. The second-order valence-electron chi connectivity index (χ2n) is 3.11. The van der Waals surface area contributed by atoms with E-state index in [4.69, 9.17) is 5.84 Å². The molecule has 1 aromatic rings. The van der Waals surface area contributed by atoms with Crippen molar-refractivity contribution >= 4 is 5.69 Å². The van der Waals surface area contributed by atoms with Crippen LogP contribution in [0.3, 0.4) is 0 Å². The molecule has 0 heterocycles. The van der Waals surface area contributed by atoms with Crippen molar-refractivity contribution in [2.75, 3.05) is 5.01 Å². The van der Waals surface area contributed by atoms with Crippen LogP contribution in [0, 0.1) is 5.82 Å². The van der Waals surface area contributed by atoms with E-state index in [1.807, 2.05) is 0 Å². The van der Waals surface area contributed by atoms with Gasteiger partial charge in [0.25, 0.3) is 0 Å². The minimum Gasteiger partial charge on any atom is -0.308 e. The molecule has 1 aliphatic carbocycles. The number of anilines is 1. The van der Waals surface area contributed by atoms with Crippen molar-refractivity contribution in [2.45, 2.75) is 18.9 Å². The maximum atomic E-state index is 12.5. The standard InChI is InChI=1S/C9H11FN2/c10-7-1-3-8(4-2-7)12(11)9-5-6-9/h1-4,9H,5-6,11H2. The van der Waals surface area contributed by atoms with E-state index in [1.165, 1.54) is 12.1 Å². The second-order valence-corrected chi connectivity index (χ2v) is 3.11. The predicted octanol–water partition coefficient (Wildman–Crippen LogP) is 1.67. The summed E-state index contributed by atoms with van der Waals surface area (Å²) in [6.07, 6.45) is 2.29. The van der Waals surface area contributed by atoms with Gasteiger partial charge in [-0.25, -0.2) is 10.2 Å². The number of halogens is 1. The highest BCUT2D eigenvalue weighted by molar-refractivity contribution is 5.46. The average molecular weight is 166 g/mol. The van der Waals surface area contributed by atoms with Crippen LogP contribution in [0.5, 0.6) is 0 Å². The summed E-state index contributed by atoms with van der Waals surface area (Å²) < 4.78 is 12.5. The van der Waals surface area contributed by atoms with E-state index < -0.39 is 0 Å². The fourth-order valence-corrected chi connectivity index (χ4v) is 1.18. The molecule has 3 heteroatoms. The van der Waals surface area contributed by atoms with Crippen LogP contribution in [0.1, 0.15) is 12.8 Å². The number of nitrogens with two attached hydrogens (primary N) is 1. The third-order valence-corrected chi connectivity index (χ3v) is 2.07. The van der Waals surface area contributed by atoms with E-state index in [9.17, 15) is 4.39 Å². The average Bonchev–Trinajstić information content (AvgIpc) is 2.87. The number of rotatable bonds is 2. The molecule has 2 rings (SSSR count). The molecule has 0 radical (unpaired) electrons. The molecule has 0 saturated heterocycles. The van der Waals surface area contributed by atoms with Crippen LogP contribution in [0.4, 0.5) is 10.1 Å². The summed E-state index contributed by atoms with van der Waals surface area (Å²) in [4.78, 5) is 0. The Balaban J connectivity index is 2.16. The van der Waals surface area contributed by atoms with Crippen molar-refractivity contribution in [1.29, 1.82) is 0 Å². The highest BCUT2D eigenvalue weighted by atomic mass is 19.1. The maximum absolute atomic E-state index is 12.5. The Labute approximate surface area is 70.8 Å². The van der Waals surface area contributed by atoms with Crippen molar-refractivity contribution < 1.29 is 4.39 Å². The lowest BCUT2D eigenvalue weighted by atomic mass is 10.3. The zero-order valence-electron chi connectivity index (χ0n) is 6.70. The molecule has 0 bridgehead atoms. The van der Waals surface area contributed by atoms with Crippen LogP contribution in [-0.2, 0) is 0 Å². The van der Waals surface area contributed by atoms with Crippen molar-refractivity contribution in [1.82, 2.24) is 0 Å². The first-order valence-corrected chi connectivity index (χ1v) is 4.07. The maximum Gasteiger partial charge on any atom is 0.123 e. The van der Waals surface area contributed by atoms with Crippen LogP contribution in [0.2, 0.25) is 0 Å². The van der Waals surface area contributed by atoms with Gasteiger partial charge in [-0.3, -0.25) is 0 Å². The highest BCUT2D eigenvalue weighted by Crippen LogP contribution is 2.28. The molecule has 64 valence electrons. The molecule has 2 nitrogen and oxygen atoms in total. The van der Waals surface area contributed by atoms with Gasteiger partial charge in [-0.05, 0) is 37.1 Å². The minimum absolute atomic E-state index is 0.219. The lowest BCUT2D eigenvalue weighted by Gasteiger charge is -2.17. The van der Waals surface area contributed by atoms with Crippen LogP contribution in [0.15, 0.2) is 24.3 Å². The van der Waals surface area contributed by atoms with E-state index in [-0.39, 0.29) is 5.82 Å². The van der Waals surface area contributed by atoms with Gasteiger partial charge in [0.1, 0.15) is 5.82 Å². The number of hydrogen-bond acceptors (Lipinski definition) is 2. The third kappa shape index (κ3) is 1.41. The van der Waals surface area contributed by atoms with E-state index in [0.29, 0.717) is 6.04 Å². The lowest BCUT2D eigenvalue weighted by molar-refractivity contribution is 0.627. The third-order valence-electron chi connectivity index (χ3n) is 2.07. The Bertz CT molecular complexity index is 266. The van der Waals surface area contributed by atoms with E-state index in [2.05, 4.69) is 0 Å². The van der Waals surface area contributed by atoms with Gasteiger partial charge in [0.15, 0.2) is 0 Å². The topological polar surface area (TPSA) is 29.3 Å². The monoisotopic (exact) mass is 166 g/mol. The molecule has 0 amide bonds. The molecule has 1 aromatic carbocycles. The number of hydrogen-bond donors (Lipinski definition) is 1. The predicted molar refractivity (Wildman–Crippen MR) is 46.1 cm³/mol. The fourth-order valence-electron chi connectivity index (χ4n) is 1.18. The Kier molecular flexibility index (Phi) is 1.73. The van der Waals surface area contributed by atoms with Gasteiger partial charge in [-0.1, -0.05) is 0 Å². The second kappa shape index (κ2) is 2.75. The van der Waals surface area contributed by atoms with Crippen LogP contribution < -0.4 is 10.9 Å². The summed E-state index contributed by atoms with van der Waals surface area (Å²) in [7, 11) is 0. The fraction of sp³-hybridized carbons (Fsp3) is 0.333. The highest BCUT2D eigenvalue weighted by Gasteiger charge is 2.27. The van der Waals surface area contributed by atoms with E-state index in [0.717, 1.165) is 18.5 Å². The van der Waals surface area contributed by atoms with Crippen LogP contribution in [0.25, 0.3) is 0 Å². The van der Waals surface area contributed by atoms with Crippen molar-refractivity contribution in [2.24, 2.45) is 5.84 Å². The van der Waals surface area contributed by atoms with Gasteiger partial charge in [-0.15, -0.1) is 0 Å². The molecule has 0 aromatic heterocycles. The molecule has 0 aliphatic heterocycles. The van der Waals surface area contributed by atoms with Gasteiger partial charge in [-0.2, -0.15) is 0 Å². The zero-order chi connectivity index (χ0) is 8.55. The minimum atomic E-state index is -0.219. The van der Waals surface area contributed by atoms with Crippen LogP contribution >= 0.6 is 0 Å². The largest absolute Gasteiger partial charge is 0.308 e. The molecule has 2 N–H and O–H groups in total. The Morgan fingerprint density at radius 2 is 1.83 bits per heavy atom. The first kappa shape index (κ1) is 7.55. The number of hydrazine groups is 1. The number of nitrogens with zero attached hydrogens (tertiary/aromatic N) is 1. The SMILES string of the molecule is NN(c1ccc(F)cc1)C1CC1. The molecule has 1 saturated carbocycles. The van der Waals surface area contributed by atoms with Gasteiger partial charge in [0, 0.05) is 6.04 Å². The summed E-state index contributed by atoms with van der Waals surface area (Å²) >= 11 is 0.